The van der Waals surface area contributed by atoms with Gasteiger partial charge >= 0.3 is 6.09 Å². The lowest BCUT2D eigenvalue weighted by Crippen LogP contribution is -2.46. The Morgan fingerprint density at radius 1 is 1.47 bits per heavy atom. The number of carbonyl (C=O) groups excluding carboxylic acids is 2. The number of hydrogen-bond donors (Lipinski definition) is 2. The standard InChI is InChI=1S/C10H20N2O3/c1-6-11-8(13)7(2)12-9(14)15-10(3,4)5/h7H,6H2,1-5H3,(H,11,13)(H,12,14)/t7-/m0/s1/i1D. The Labute approximate surface area is 92.0 Å². The van der Waals surface area contributed by atoms with Gasteiger partial charge in [0, 0.05) is 7.92 Å². The van der Waals surface area contributed by atoms with E-state index in [0.717, 1.165) is 0 Å². The van der Waals surface area contributed by atoms with Gasteiger partial charge in [-0.25, -0.2) is 4.79 Å². The number of hydrogen-bond acceptors (Lipinski definition) is 3. The lowest BCUT2D eigenvalue weighted by Gasteiger charge is -2.21. The molecule has 15 heavy (non-hydrogen) atoms. The molecule has 0 saturated carbocycles. The molecule has 0 saturated heterocycles. The zero-order chi connectivity index (χ0) is 12.8. The molecular weight excluding hydrogens is 196 g/mol. The van der Waals surface area contributed by atoms with E-state index < -0.39 is 17.7 Å². The van der Waals surface area contributed by atoms with Crippen molar-refractivity contribution >= 4 is 12.0 Å². The zero-order valence-corrected chi connectivity index (χ0v) is 9.72. The minimum atomic E-state index is -0.665. The average molecular weight is 217 g/mol. The fourth-order valence-corrected chi connectivity index (χ4v) is 0.826. The Hall–Kier alpha value is -1.26. The highest BCUT2D eigenvalue weighted by Crippen LogP contribution is 2.06. The first-order valence-electron chi connectivity index (χ1n) is 5.53. The van der Waals surface area contributed by atoms with Crippen LogP contribution < -0.4 is 10.6 Å². The molecule has 2 N–H and O–H groups in total. The average Bonchev–Trinajstić information content (AvgIpc) is 2.10. The van der Waals surface area contributed by atoms with Crippen LogP contribution in [-0.2, 0) is 9.53 Å². The molecule has 0 aromatic rings. The van der Waals surface area contributed by atoms with E-state index in [1.165, 1.54) is 0 Å². The van der Waals surface area contributed by atoms with Gasteiger partial charge < -0.3 is 15.4 Å². The summed E-state index contributed by atoms with van der Waals surface area (Å²) < 4.78 is 11.9. The number of likely N-dealkylation sites (N-methyl/N-ethyl adjacent to an activating group) is 1. The van der Waals surface area contributed by atoms with E-state index in [4.69, 9.17) is 6.11 Å². The van der Waals surface area contributed by atoms with Crippen LogP contribution in [0.5, 0.6) is 0 Å². The highest BCUT2D eigenvalue weighted by atomic mass is 16.6. The number of carbonyl (C=O) groups is 2. The summed E-state index contributed by atoms with van der Waals surface area (Å²) >= 11 is 0. The molecule has 0 unspecified atom stereocenters. The van der Waals surface area contributed by atoms with Crippen molar-refractivity contribution in [2.24, 2.45) is 0 Å². The van der Waals surface area contributed by atoms with Crippen molar-refractivity contribution in [2.45, 2.75) is 46.2 Å². The van der Waals surface area contributed by atoms with E-state index in [0.29, 0.717) is 0 Å². The van der Waals surface area contributed by atoms with Crippen molar-refractivity contribution in [3.05, 3.63) is 0 Å². The van der Waals surface area contributed by atoms with Gasteiger partial charge in [0.25, 0.3) is 0 Å². The normalized spacial score (nSPS) is 13.7. The number of ether oxygens (including phenoxy) is 1. The van der Waals surface area contributed by atoms with Gasteiger partial charge in [-0.05, 0) is 34.6 Å². The predicted octanol–water partition coefficient (Wildman–Crippen LogP) is 1.04. The molecule has 88 valence electrons. The van der Waals surface area contributed by atoms with E-state index in [2.05, 4.69) is 10.6 Å². The van der Waals surface area contributed by atoms with Crippen molar-refractivity contribution in [2.75, 3.05) is 6.54 Å². The number of rotatable bonds is 3. The molecule has 0 heterocycles. The maximum absolute atomic E-state index is 11.3. The molecule has 0 aromatic heterocycles. The van der Waals surface area contributed by atoms with Crippen molar-refractivity contribution < 1.29 is 15.7 Å². The van der Waals surface area contributed by atoms with Crippen LogP contribution in [0.15, 0.2) is 0 Å². The molecule has 0 fully saturated rings. The molecule has 5 heteroatoms. The first-order valence-corrected chi connectivity index (χ1v) is 4.82. The van der Waals surface area contributed by atoms with Crippen LogP contribution >= 0.6 is 0 Å². The summed E-state index contributed by atoms with van der Waals surface area (Å²) in [5.74, 6) is -0.321. The van der Waals surface area contributed by atoms with Crippen LogP contribution in [0.3, 0.4) is 0 Å². The van der Waals surface area contributed by atoms with E-state index in [1.54, 1.807) is 27.7 Å². The second kappa shape index (κ2) is 5.58. The molecular formula is C10H20N2O3. The lowest BCUT2D eigenvalue weighted by molar-refractivity contribution is -0.122. The summed E-state index contributed by atoms with van der Waals surface area (Å²) in [7, 11) is 0. The molecule has 2 amide bonds. The minimum absolute atomic E-state index is 0.116. The van der Waals surface area contributed by atoms with Crippen molar-refractivity contribution in [1.82, 2.24) is 10.6 Å². The summed E-state index contributed by atoms with van der Waals surface area (Å²) in [6, 6.07) is -0.665. The maximum atomic E-state index is 11.3. The zero-order valence-electron chi connectivity index (χ0n) is 10.7. The quantitative estimate of drug-likeness (QED) is 0.742. The van der Waals surface area contributed by atoms with Gasteiger partial charge in [-0.15, -0.1) is 0 Å². The van der Waals surface area contributed by atoms with Gasteiger partial charge in [-0.2, -0.15) is 0 Å². The van der Waals surface area contributed by atoms with Crippen molar-refractivity contribution in [1.29, 1.82) is 0 Å². The van der Waals surface area contributed by atoms with Gasteiger partial charge in [0.1, 0.15) is 11.6 Å². The summed E-state index contributed by atoms with van der Waals surface area (Å²) in [6.45, 7) is 7.19. The number of alkyl carbamates (subject to hydrolysis) is 1. The molecule has 5 nitrogen and oxygen atoms in total. The molecule has 0 radical (unpaired) electrons. The third-order valence-corrected chi connectivity index (χ3v) is 1.43. The van der Waals surface area contributed by atoms with Crippen LogP contribution in [-0.4, -0.2) is 30.2 Å². The maximum Gasteiger partial charge on any atom is 0.408 e. The van der Waals surface area contributed by atoms with Crippen LogP contribution in [0.4, 0.5) is 4.79 Å². The highest BCUT2D eigenvalue weighted by Gasteiger charge is 2.20. The molecule has 1 atom stereocenters. The Kier molecular flexibility index (Phi) is 4.39. The Bertz CT molecular complexity index is 251. The van der Waals surface area contributed by atoms with Crippen LogP contribution in [0.1, 0.15) is 36.0 Å². The molecule has 0 aliphatic heterocycles. The van der Waals surface area contributed by atoms with Gasteiger partial charge in [0.15, 0.2) is 0 Å². The summed E-state index contributed by atoms with van der Waals surface area (Å²) in [5, 5.41) is 4.91. The highest BCUT2D eigenvalue weighted by molar-refractivity contribution is 5.85. The second-order valence-corrected chi connectivity index (χ2v) is 4.16. The summed E-state index contributed by atoms with van der Waals surface area (Å²) in [4.78, 5) is 22.6. The molecule has 0 rings (SSSR count). The first-order chi connectivity index (χ1) is 7.26. The summed E-state index contributed by atoms with van der Waals surface area (Å²) in [6.07, 6.45) is -0.624. The number of amides is 2. The largest absolute Gasteiger partial charge is 0.444 e. The molecule has 0 aliphatic rings. The van der Waals surface area contributed by atoms with E-state index in [-0.39, 0.29) is 19.4 Å². The second-order valence-electron chi connectivity index (χ2n) is 4.16. The molecule has 0 spiro atoms. The third-order valence-electron chi connectivity index (χ3n) is 1.43. The SMILES string of the molecule is [2H]CCNC(=O)[C@H](C)NC(=O)OC(C)(C)C. The third kappa shape index (κ3) is 6.76. The van der Waals surface area contributed by atoms with Crippen LogP contribution in [0.25, 0.3) is 0 Å². The molecule has 0 bridgehead atoms. The predicted molar refractivity (Wildman–Crippen MR) is 57.5 cm³/mol. The van der Waals surface area contributed by atoms with Crippen LogP contribution in [0.2, 0.25) is 0 Å². The monoisotopic (exact) mass is 217 g/mol. The smallest absolute Gasteiger partial charge is 0.408 e. The van der Waals surface area contributed by atoms with Gasteiger partial charge in [-0.1, -0.05) is 0 Å². The van der Waals surface area contributed by atoms with Gasteiger partial charge in [0.2, 0.25) is 5.91 Å². The van der Waals surface area contributed by atoms with Gasteiger partial charge in [0.05, 0.1) is 0 Å². The Balaban J connectivity index is 3.99. The Morgan fingerprint density at radius 3 is 2.53 bits per heavy atom. The number of nitrogens with one attached hydrogen (secondary N) is 2. The lowest BCUT2D eigenvalue weighted by atomic mass is 10.2. The van der Waals surface area contributed by atoms with Crippen molar-refractivity contribution in [3.63, 3.8) is 0 Å². The first kappa shape index (κ1) is 11.8. The minimum Gasteiger partial charge on any atom is -0.444 e. The fraction of sp³-hybridized carbons (Fsp3) is 0.800. The van der Waals surface area contributed by atoms with Crippen LogP contribution in [0, 0.1) is 0 Å². The Morgan fingerprint density at radius 2 is 2.07 bits per heavy atom. The molecule has 0 aromatic carbocycles. The topological polar surface area (TPSA) is 67.4 Å². The van der Waals surface area contributed by atoms with E-state index in [9.17, 15) is 9.59 Å². The fourth-order valence-electron chi connectivity index (χ4n) is 0.826. The van der Waals surface area contributed by atoms with E-state index in [1.807, 2.05) is 0 Å². The van der Waals surface area contributed by atoms with Crippen molar-refractivity contribution in [3.8, 4) is 0 Å². The van der Waals surface area contributed by atoms with E-state index >= 15 is 0 Å². The molecule has 0 aliphatic carbocycles. The van der Waals surface area contributed by atoms with Gasteiger partial charge in [-0.3, -0.25) is 4.79 Å². The summed E-state index contributed by atoms with van der Waals surface area (Å²) in [5.41, 5.74) is -0.582.